The zero-order valence-corrected chi connectivity index (χ0v) is 18.8. The third-order valence-corrected chi connectivity index (χ3v) is 5.56. The van der Waals surface area contributed by atoms with Crippen molar-refractivity contribution >= 4 is 40.2 Å². The quantitative estimate of drug-likeness (QED) is 0.430. The second-order valence-electron chi connectivity index (χ2n) is 8.03. The molecule has 0 radical (unpaired) electrons. The number of aromatic carboxylic acids is 1. The summed E-state index contributed by atoms with van der Waals surface area (Å²) in [5.74, 6) is -1.26. The maximum Gasteiger partial charge on any atom is 0.335 e. The summed E-state index contributed by atoms with van der Waals surface area (Å²) in [7, 11) is 0. The van der Waals surface area contributed by atoms with Crippen LogP contribution in [0.15, 0.2) is 71.5 Å². The van der Waals surface area contributed by atoms with E-state index in [1.165, 1.54) is 6.07 Å². The Labute approximate surface area is 194 Å². The Morgan fingerprint density at radius 1 is 1.00 bits per heavy atom. The zero-order chi connectivity index (χ0) is 23.7. The Bertz CT molecular complexity index is 1420. The van der Waals surface area contributed by atoms with Crippen molar-refractivity contribution < 1.29 is 14.7 Å². The lowest BCUT2D eigenvalue weighted by molar-refractivity contribution is -0.118. The van der Waals surface area contributed by atoms with Gasteiger partial charge in [0.25, 0.3) is 0 Å². The summed E-state index contributed by atoms with van der Waals surface area (Å²) in [6, 6.07) is 18.7. The predicted molar refractivity (Wildman–Crippen MR) is 129 cm³/mol. The number of benzene rings is 3. The lowest BCUT2D eigenvalue weighted by Gasteiger charge is -2.09. The number of fused-ring (bicyclic) bond motifs is 1. The minimum absolute atomic E-state index is 0.0908. The number of hydrogen-bond donors (Lipinski definition) is 2. The number of hydrogen-bond acceptors (Lipinski definition) is 3. The lowest BCUT2D eigenvalue weighted by atomic mass is 10.1. The number of amides is 1. The molecular formula is C25H22ClN3O4. The molecule has 1 amide bonds. The smallest absolute Gasteiger partial charge is 0.335 e. The molecule has 0 aliphatic heterocycles. The molecule has 0 bridgehead atoms. The highest BCUT2D eigenvalue weighted by atomic mass is 35.5. The first-order chi connectivity index (χ1) is 15.7. The van der Waals surface area contributed by atoms with Crippen LogP contribution in [0.25, 0.3) is 16.7 Å². The van der Waals surface area contributed by atoms with Crippen LogP contribution in [0.4, 0.5) is 5.69 Å². The van der Waals surface area contributed by atoms with Crippen LogP contribution in [-0.4, -0.2) is 26.1 Å². The zero-order valence-electron chi connectivity index (χ0n) is 18.1. The van der Waals surface area contributed by atoms with Gasteiger partial charge in [0, 0.05) is 16.6 Å². The van der Waals surface area contributed by atoms with E-state index >= 15 is 0 Å². The van der Waals surface area contributed by atoms with Crippen LogP contribution in [0, 0.1) is 5.92 Å². The van der Waals surface area contributed by atoms with Gasteiger partial charge in [0.05, 0.1) is 28.8 Å². The normalized spacial score (nSPS) is 11.2. The molecule has 0 aliphatic rings. The minimum Gasteiger partial charge on any atom is -0.478 e. The highest BCUT2D eigenvalue weighted by Gasteiger charge is 2.16. The Morgan fingerprint density at radius 2 is 1.73 bits per heavy atom. The number of aromatic nitrogens is 2. The Hall–Kier alpha value is -3.84. The highest BCUT2D eigenvalue weighted by Crippen LogP contribution is 2.24. The summed E-state index contributed by atoms with van der Waals surface area (Å²) in [6.07, 6.45) is 0. The summed E-state index contributed by atoms with van der Waals surface area (Å²) in [5, 5.41) is 12.6. The van der Waals surface area contributed by atoms with E-state index in [0.29, 0.717) is 33.0 Å². The molecule has 0 spiro atoms. The molecule has 33 heavy (non-hydrogen) atoms. The topological polar surface area (TPSA) is 93.3 Å². The van der Waals surface area contributed by atoms with Crippen LogP contribution in [0.3, 0.4) is 0 Å². The number of halogens is 1. The van der Waals surface area contributed by atoms with Crippen molar-refractivity contribution in [3.63, 3.8) is 0 Å². The van der Waals surface area contributed by atoms with Gasteiger partial charge in [-0.1, -0.05) is 37.6 Å². The number of nitrogens with zero attached hydrogens (tertiary/aromatic N) is 2. The molecule has 0 unspecified atom stereocenters. The molecule has 4 aromatic rings. The summed E-state index contributed by atoms with van der Waals surface area (Å²) in [5.41, 5.74) is 3.12. The SMILES string of the molecule is CC(C)C(=O)Nc1ccc(-n2c(=O)n(Cc3cccc(C(=O)O)c3)c3ccc(Cl)cc32)cc1. The third kappa shape index (κ3) is 4.54. The summed E-state index contributed by atoms with van der Waals surface area (Å²) >= 11 is 6.23. The van der Waals surface area contributed by atoms with Crippen LogP contribution in [0.2, 0.25) is 5.02 Å². The molecule has 7 nitrogen and oxygen atoms in total. The average Bonchev–Trinajstić information content (AvgIpc) is 3.05. The molecule has 8 heteroatoms. The number of carbonyl (C=O) groups excluding carboxylic acids is 1. The Morgan fingerprint density at radius 3 is 2.39 bits per heavy atom. The molecule has 0 aliphatic carbocycles. The fourth-order valence-corrected chi connectivity index (χ4v) is 3.77. The van der Waals surface area contributed by atoms with Crippen LogP contribution in [0.5, 0.6) is 0 Å². The molecule has 4 rings (SSSR count). The van der Waals surface area contributed by atoms with Crippen molar-refractivity contribution in [1.29, 1.82) is 0 Å². The number of carboxylic acid groups (broad SMARTS) is 1. The molecule has 1 heterocycles. The number of nitrogens with one attached hydrogen (secondary N) is 1. The predicted octanol–water partition coefficient (Wildman–Crippen LogP) is 4.79. The van der Waals surface area contributed by atoms with Gasteiger partial charge in [0.15, 0.2) is 0 Å². The summed E-state index contributed by atoms with van der Waals surface area (Å²) < 4.78 is 3.14. The average molecular weight is 464 g/mol. The lowest BCUT2D eigenvalue weighted by Crippen LogP contribution is -2.24. The number of anilines is 1. The minimum atomic E-state index is -1.02. The van der Waals surface area contributed by atoms with Crippen molar-refractivity contribution in [2.24, 2.45) is 5.92 Å². The first kappa shape index (κ1) is 22.4. The van der Waals surface area contributed by atoms with Gasteiger partial charge in [-0.25, -0.2) is 9.59 Å². The first-order valence-corrected chi connectivity index (χ1v) is 10.8. The van der Waals surface area contributed by atoms with Gasteiger partial charge in [-0.15, -0.1) is 0 Å². The molecule has 3 aromatic carbocycles. The third-order valence-electron chi connectivity index (χ3n) is 5.32. The van der Waals surface area contributed by atoms with Gasteiger partial charge < -0.3 is 10.4 Å². The van der Waals surface area contributed by atoms with Gasteiger partial charge in [-0.05, 0) is 60.2 Å². The maximum atomic E-state index is 13.5. The second-order valence-corrected chi connectivity index (χ2v) is 8.47. The van der Waals surface area contributed by atoms with E-state index in [0.717, 1.165) is 0 Å². The molecule has 0 saturated heterocycles. The Balaban J connectivity index is 1.78. The molecule has 0 fully saturated rings. The molecule has 0 atom stereocenters. The second kappa shape index (κ2) is 8.96. The van der Waals surface area contributed by atoms with Gasteiger partial charge in [-0.3, -0.25) is 13.9 Å². The summed E-state index contributed by atoms with van der Waals surface area (Å²) in [6.45, 7) is 3.83. The van der Waals surface area contributed by atoms with Gasteiger partial charge in [0.1, 0.15) is 0 Å². The van der Waals surface area contributed by atoms with Gasteiger partial charge in [-0.2, -0.15) is 0 Å². The molecule has 0 saturated carbocycles. The maximum absolute atomic E-state index is 13.5. The van der Waals surface area contributed by atoms with E-state index in [9.17, 15) is 19.5 Å². The standard InChI is InChI=1S/C25H22ClN3O4/c1-15(2)23(30)27-19-7-9-20(10-8-19)29-22-13-18(26)6-11-21(22)28(25(29)33)14-16-4-3-5-17(12-16)24(31)32/h3-13,15H,14H2,1-2H3,(H,27,30)(H,31,32). The van der Waals surface area contributed by atoms with E-state index in [-0.39, 0.29) is 29.6 Å². The van der Waals surface area contributed by atoms with Crippen molar-refractivity contribution in [2.75, 3.05) is 5.32 Å². The van der Waals surface area contributed by atoms with Crippen molar-refractivity contribution in [2.45, 2.75) is 20.4 Å². The summed E-state index contributed by atoms with van der Waals surface area (Å²) in [4.78, 5) is 36.8. The highest BCUT2D eigenvalue weighted by molar-refractivity contribution is 6.31. The van der Waals surface area contributed by atoms with Crippen LogP contribution in [0.1, 0.15) is 29.8 Å². The van der Waals surface area contributed by atoms with Crippen LogP contribution < -0.4 is 11.0 Å². The number of carboxylic acids is 1. The molecular weight excluding hydrogens is 442 g/mol. The fourth-order valence-electron chi connectivity index (χ4n) is 3.60. The fraction of sp³-hybridized carbons (Fsp3) is 0.160. The first-order valence-electron chi connectivity index (χ1n) is 10.4. The van der Waals surface area contributed by atoms with E-state index in [1.807, 2.05) is 13.8 Å². The number of rotatable bonds is 6. The Kier molecular flexibility index (Phi) is 6.07. The van der Waals surface area contributed by atoms with E-state index in [4.69, 9.17) is 11.6 Å². The van der Waals surface area contributed by atoms with Gasteiger partial charge in [0.2, 0.25) is 5.91 Å². The van der Waals surface area contributed by atoms with Crippen molar-refractivity contribution in [3.05, 3.63) is 93.4 Å². The van der Waals surface area contributed by atoms with Crippen LogP contribution >= 0.6 is 11.6 Å². The number of imidazole rings is 1. The van der Waals surface area contributed by atoms with Crippen LogP contribution in [-0.2, 0) is 11.3 Å². The van der Waals surface area contributed by atoms with Crippen molar-refractivity contribution in [3.8, 4) is 5.69 Å². The van der Waals surface area contributed by atoms with Gasteiger partial charge >= 0.3 is 11.7 Å². The van der Waals surface area contributed by atoms with E-state index < -0.39 is 5.97 Å². The van der Waals surface area contributed by atoms with E-state index in [1.54, 1.807) is 69.8 Å². The molecule has 1 aromatic heterocycles. The van der Waals surface area contributed by atoms with Crippen molar-refractivity contribution in [1.82, 2.24) is 9.13 Å². The molecule has 2 N–H and O–H groups in total. The molecule has 168 valence electrons. The number of carbonyl (C=O) groups is 2. The van der Waals surface area contributed by atoms with E-state index in [2.05, 4.69) is 5.32 Å². The monoisotopic (exact) mass is 463 g/mol. The largest absolute Gasteiger partial charge is 0.478 e.